The molecule has 0 saturated heterocycles. The van der Waals surface area contributed by atoms with Gasteiger partial charge in [0.05, 0.1) is 5.75 Å². The average molecular weight is 256 g/mol. The van der Waals surface area contributed by atoms with Crippen LogP contribution in [-0.2, 0) is 22.3 Å². The van der Waals surface area contributed by atoms with Crippen molar-refractivity contribution in [1.29, 1.82) is 0 Å². The highest BCUT2D eigenvalue weighted by molar-refractivity contribution is 7.88. The molecule has 0 aliphatic rings. The molecule has 0 heterocycles. The molecule has 96 valence electrons. The van der Waals surface area contributed by atoms with Crippen LogP contribution in [0.3, 0.4) is 0 Å². The Morgan fingerprint density at radius 1 is 1.24 bits per heavy atom. The number of hydrogen-bond acceptors (Lipinski definition) is 3. The van der Waals surface area contributed by atoms with E-state index in [4.69, 9.17) is 5.73 Å². The average Bonchev–Trinajstić information content (AvgIpc) is 2.29. The zero-order chi connectivity index (χ0) is 12.9. The van der Waals surface area contributed by atoms with E-state index >= 15 is 0 Å². The molecule has 0 aromatic heterocycles. The van der Waals surface area contributed by atoms with Crippen LogP contribution >= 0.6 is 0 Å². The maximum atomic E-state index is 12.0. The summed E-state index contributed by atoms with van der Waals surface area (Å²) in [5.41, 5.74) is 7.28. The molecule has 17 heavy (non-hydrogen) atoms. The van der Waals surface area contributed by atoms with Crippen LogP contribution < -0.4 is 5.73 Å². The lowest BCUT2D eigenvalue weighted by molar-refractivity contribution is 0.467. The summed E-state index contributed by atoms with van der Waals surface area (Å²) in [6.45, 7) is 2.87. The van der Waals surface area contributed by atoms with E-state index in [9.17, 15) is 8.42 Å². The van der Waals surface area contributed by atoms with Crippen LogP contribution in [0.2, 0.25) is 0 Å². The molecule has 0 bridgehead atoms. The van der Waals surface area contributed by atoms with Gasteiger partial charge >= 0.3 is 0 Å². The Morgan fingerprint density at radius 3 is 2.35 bits per heavy atom. The first-order valence-electron chi connectivity index (χ1n) is 5.72. The molecule has 1 aromatic rings. The Bertz CT molecular complexity index is 457. The largest absolute Gasteiger partial charge is 0.326 e. The van der Waals surface area contributed by atoms with Gasteiger partial charge in [0.1, 0.15) is 0 Å². The van der Waals surface area contributed by atoms with Crippen molar-refractivity contribution in [2.75, 3.05) is 13.6 Å². The first kappa shape index (κ1) is 14.2. The van der Waals surface area contributed by atoms with Crippen LogP contribution in [0, 0.1) is 0 Å². The molecule has 0 amide bonds. The summed E-state index contributed by atoms with van der Waals surface area (Å²) in [4.78, 5) is 0. The highest BCUT2D eigenvalue weighted by Gasteiger charge is 2.18. The van der Waals surface area contributed by atoms with Crippen LogP contribution in [0.25, 0.3) is 0 Å². The Balaban J connectivity index is 2.90. The molecule has 0 radical (unpaired) electrons. The van der Waals surface area contributed by atoms with E-state index in [-0.39, 0.29) is 5.75 Å². The Hall–Kier alpha value is -0.910. The first-order chi connectivity index (χ1) is 8.01. The van der Waals surface area contributed by atoms with Gasteiger partial charge in [0, 0.05) is 20.1 Å². The third-order valence-electron chi connectivity index (χ3n) is 2.69. The molecule has 0 aliphatic heterocycles. The molecular weight excluding hydrogens is 236 g/mol. The fourth-order valence-corrected chi connectivity index (χ4v) is 3.01. The molecule has 5 heteroatoms. The van der Waals surface area contributed by atoms with Crippen LogP contribution in [0.4, 0.5) is 0 Å². The topological polar surface area (TPSA) is 63.4 Å². The first-order valence-corrected chi connectivity index (χ1v) is 7.33. The zero-order valence-electron chi connectivity index (χ0n) is 10.4. The fraction of sp³-hybridized carbons (Fsp3) is 0.500. The molecule has 0 unspecified atom stereocenters. The SMILES string of the molecule is CCCN(C)S(=O)(=O)Cc1ccccc1CN. The molecule has 0 saturated carbocycles. The fourth-order valence-electron chi connectivity index (χ4n) is 1.66. The van der Waals surface area contributed by atoms with Crippen LogP contribution in [0.5, 0.6) is 0 Å². The van der Waals surface area contributed by atoms with E-state index in [1.54, 1.807) is 7.05 Å². The lowest BCUT2D eigenvalue weighted by Gasteiger charge is -2.17. The number of nitrogens with zero attached hydrogens (tertiary/aromatic N) is 1. The molecule has 0 spiro atoms. The predicted molar refractivity (Wildman–Crippen MR) is 69.9 cm³/mol. The number of benzene rings is 1. The minimum atomic E-state index is -3.23. The standard InChI is InChI=1S/C12H20N2O2S/c1-3-8-14(2)17(15,16)10-12-7-5-4-6-11(12)9-13/h4-7H,3,8-10,13H2,1-2H3. The van der Waals surface area contributed by atoms with Crippen molar-refractivity contribution in [2.24, 2.45) is 5.73 Å². The van der Waals surface area contributed by atoms with E-state index < -0.39 is 10.0 Å². The van der Waals surface area contributed by atoms with Crippen molar-refractivity contribution in [3.05, 3.63) is 35.4 Å². The minimum absolute atomic E-state index is 0.0247. The third-order valence-corrected chi connectivity index (χ3v) is 4.50. The Labute approximate surface area is 103 Å². The molecular formula is C12H20N2O2S. The van der Waals surface area contributed by atoms with E-state index in [0.29, 0.717) is 13.1 Å². The second kappa shape index (κ2) is 6.14. The summed E-state index contributed by atoms with van der Waals surface area (Å²) in [6.07, 6.45) is 0.814. The van der Waals surface area contributed by atoms with E-state index in [1.165, 1.54) is 4.31 Å². The summed E-state index contributed by atoms with van der Waals surface area (Å²) in [5, 5.41) is 0. The van der Waals surface area contributed by atoms with Gasteiger partial charge in [-0.3, -0.25) is 0 Å². The van der Waals surface area contributed by atoms with Crippen molar-refractivity contribution in [1.82, 2.24) is 4.31 Å². The quantitative estimate of drug-likeness (QED) is 0.835. The second-order valence-corrected chi connectivity index (χ2v) is 6.13. The second-order valence-electron chi connectivity index (χ2n) is 4.05. The summed E-state index contributed by atoms with van der Waals surface area (Å²) >= 11 is 0. The highest BCUT2D eigenvalue weighted by Crippen LogP contribution is 2.14. The third kappa shape index (κ3) is 3.80. The molecule has 1 aromatic carbocycles. The van der Waals surface area contributed by atoms with E-state index in [2.05, 4.69) is 0 Å². The lowest BCUT2D eigenvalue weighted by atomic mass is 10.1. The Kier molecular flexibility index (Phi) is 5.11. The normalized spacial score (nSPS) is 12.0. The highest BCUT2D eigenvalue weighted by atomic mass is 32.2. The van der Waals surface area contributed by atoms with E-state index in [1.807, 2.05) is 31.2 Å². The van der Waals surface area contributed by atoms with Crippen molar-refractivity contribution < 1.29 is 8.42 Å². The molecule has 2 N–H and O–H groups in total. The van der Waals surface area contributed by atoms with Gasteiger partial charge in [0.25, 0.3) is 0 Å². The molecule has 0 aliphatic carbocycles. The van der Waals surface area contributed by atoms with Crippen LogP contribution in [-0.4, -0.2) is 26.3 Å². The van der Waals surface area contributed by atoms with Gasteiger partial charge in [-0.05, 0) is 17.5 Å². The maximum absolute atomic E-state index is 12.0. The van der Waals surface area contributed by atoms with Gasteiger partial charge < -0.3 is 5.73 Å². The van der Waals surface area contributed by atoms with Gasteiger partial charge in [-0.2, -0.15) is 0 Å². The van der Waals surface area contributed by atoms with Crippen molar-refractivity contribution in [3.63, 3.8) is 0 Å². The van der Waals surface area contributed by atoms with Gasteiger partial charge in [-0.1, -0.05) is 31.2 Å². The lowest BCUT2D eigenvalue weighted by Crippen LogP contribution is -2.29. The smallest absolute Gasteiger partial charge is 0.218 e. The zero-order valence-corrected chi connectivity index (χ0v) is 11.2. The molecule has 4 nitrogen and oxygen atoms in total. The molecule has 0 atom stereocenters. The van der Waals surface area contributed by atoms with Gasteiger partial charge in [0.2, 0.25) is 10.0 Å². The van der Waals surface area contributed by atoms with E-state index in [0.717, 1.165) is 17.5 Å². The molecule has 0 fully saturated rings. The van der Waals surface area contributed by atoms with Gasteiger partial charge in [-0.25, -0.2) is 12.7 Å². The van der Waals surface area contributed by atoms with Gasteiger partial charge in [0.15, 0.2) is 0 Å². The summed E-state index contributed by atoms with van der Waals surface area (Å²) in [5.74, 6) is 0.0247. The van der Waals surface area contributed by atoms with Crippen LogP contribution in [0.1, 0.15) is 24.5 Å². The van der Waals surface area contributed by atoms with Crippen molar-refractivity contribution >= 4 is 10.0 Å². The predicted octanol–water partition coefficient (Wildman–Crippen LogP) is 1.32. The van der Waals surface area contributed by atoms with Crippen LogP contribution in [0.15, 0.2) is 24.3 Å². The minimum Gasteiger partial charge on any atom is -0.326 e. The number of hydrogen-bond donors (Lipinski definition) is 1. The number of rotatable bonds is 6. The van der Waals surface area contributed by atoms with Gasteiger partial charge in [-0.15, -0.1) is 0 Å². The summed E-state index contributed by atoms with van der Waals surface area (Å²) in [7, 11) is -1.62. The Morgan fingerprint density at radius 2 is 1.82 bits per heavy atom. The number of nitrogens with two attached hydrogens (primary N) is 1. The monoisotopic (exact) mass is 256 g/mol. The summed E-state index contributed by atoms with van der Waals surface area (Å²) in [6, 6.07) is 7.39. The number of sulfonamides is 1. The van der Waals surface area contributed by atoms with Crippen molar-refractivity contribution in [2.45, 2.75) is 25.6 Å². The summed E-state index contributed by atoms with van der Waals surface area (Å²) < 4.78 is 25.5. The molecule has 1 rings (SSSR count). The maximum Gasteiger partial charge on any atom is 0.218 e. The van der Waals surface area contributed by atoms with Crippen molar-refractivity contribution in [3.8, 4) is 0 Å².